The Bertz CT molecular complexity index is 611. The third kappa shape index (κ3) is 4.40. The molecule has 2 aromatic rings. The van der Waals surface area contributed by atoms with Gasteiger partial charge in [-0.15, -0.1) is 0 Å². The molecule has 1 atom stereocenters. The first-order chi connectivity index (χ1) is 10.2. The van der Waals surface area contributed by atoms with Crippen molar-refractivity contribution >= 4 is 0 Å². The zero-order valence-electron chi connectivity index (χ0n) is 12.6. The average Bonchev–Trinajstić information content (AvgIpc) is 2.53. The van der Waals surface area contributed by atoms with Crippen LogP contribution in [0.3, 0.4) is 0 Å². The SMILES string of the molecule is CCCNC(C)Cc1ccc(-c2cncc(C#N)c2)cc1. The van der Waals surface area contributed by atoms with Crippen molar-refractivity contribution in [2.24, 2.45) is 0 Å². The molecular weight excluding hydrogens is 258 g/mol. The molecule has 108 valence electrons. The summed E-state index contributed by atoms with van der Waals surface area (Å²) in [6, 6.07) is 13.0. The predicted octanol–water partition coefficient (Wildman–Crippen LogP) is 3.55. The van der Waals surface area contributed by atoms with E-state index >= 15 is 0 Å². The van der Waals surface area contributed by atoms with Gasteiger partial charge >= 0.3 is 0 Å². The van der Waals surface area contributed by atoms with Crippen molar-refractivity contribution in [3.05, 3.63) is 53.9 Å². The average molecular weight is 279 g/mol. The molecule has 0 fully saturated rings. The minimum Gasteiger partial charge on any atom is -0.314 e. The van der Waals surface area contributed by atoms with Crippen LogP contribution in [0.25, 0.3) is 11.1 Å². The van der Waals surface area contributed by atoms with Crippen molar-refractivity contribution in [3.63, 3.8) is 0 Å². The molecule has 3 heteroatoms. The molecule has 0 amide bonds. The van der Waals surface area contributed by atoms with E-state index in [0.717, 1.165) is 30.5 Å². The number of rotatable bonds is 6. The van der Waals surface area contributed by atoms with Crippen LogP contribution in [0.15, 0.2) is 42.7 Å². The summed E-state index contributed by atoms with van der Waals surface area (Å²) in [6.07, 6.45) is 5.56. The Morgan fingerprint density at radius 2 is 1.95 bits per heavy atom. The molecule has 0 bridgehead atoms. The first kappa shape index (κ1) is 15.2. The lowest BCUT2D eigenvalue weighted by molar-refractivity contribution is 0.543. The van der Waals surface area contributed by atoms with Crippen molar-refractivity contribution in [2.45, 2.75) is 32.7 Å². The van der Waals surface area contributed by atoms with Crippen LogP contribution < -0.4 is 5.32 Å². The van der Waals surface area contributed by atoms with E-state index in [1.807, 2.05) is 6.07 Å². The zero-order chi connectivity index (χ0) is 15.1. The maximum Gasteiger partial charge on any atom is 0.101 e. The summed E-state index contributed by atoms with van der Waals surface area (Å²) in [7, 11) is 0. The number of pyridine rings is 1. The highest BCUT2D eigenvalue weighted by Crippen LogP contribution is 2.20. The van der Waals surface area contributed by atoms with Crippen LogP contribution in [-0.2, 0) is 6.42 Å². The van der Waals surface area contributed by atoms with Crippen LogP contribution in [0, 0.1) is 11.3 Å². The number of aromatic nitrogens is 1. The fourth-order valence-electron chi connectivity index (χ4n) is 2.31. The van der Waals surface area contributed by atoms with Crippen LogP contribution in [0.5, 0.6) is 0 Å². The lowest BCUT2D eigenvalue weighted by Crippen LogP contribution is -2.28. The van der Waals surface area contributed by atoms with Crippen LogP contribution in [0.1, 0.15) is 31.4 Å². The molecular formula is C18H21N3. The molecule has 0 aliphatic heterocycles. The van der Waals surface area contributed by atoms with Gasteiger partial charge in [0.15, 0.2) is 0 Å². The molecule has 0 saturated carbocycles. The zero-order valence-corrected chi connectivity index (χ0v) is 12.6. The van der Waals surface area contributed by atoms with Crippen LogP contribution in [-0.4, -0.2) is 17.6 Å². The highest BCUT2D eigenvalue weighted by atomic mass is 14.9. The second kappa shape index (κ2) is 7.56. The Balaban J connectivity index is 2.06. The van der Waals surface area contributed by atoms with Gasteiger partial charge in [0.25, 0.3) is 0 Å². The van der Waals surface area contributed by atoms with Gasteiger partial charge in [-0.3, -0.25) is 4.98 Å². The van der Waals surface area contributed by atoms with E-state index in [-0.39, 0.29) is 0 Å². The minimum absolute atomic E-state index is 0.486. The highest BCUT2D eigenvalue weighted by molar-refractivity contribution is 5.64. The van der Waals surface area contributed by atoms with Crippen molar-refractivity contribution < 1.29 is 0 Å². The molecule has 1 unspecified atom stereocenters. The molecule has 21 heavy (non-hydrogen) atoms. The molecule has 1 aromatic heterocycles. The summed E-state index contributed by atoms with van der Waals surface area (Å²) in [6.45, 7) is 5.45. The summed E-state index contributed by atoms with van der Waals surface area (Å²) < 4.78 is 0. The number of nitrogens with one attached hydrogen (secondary N) is 1. The summed E-state index contributed by atoms with van der Waals surface area (Å²) in [5.74, 6) is 0. The van der Waals surface area contributed by atoms with Crippen LogP contribution in [0.2, 0.25) is 0 Å². The van der Waals surface area contributed by atoms with Gasteiger partial charge in [-0.25, -0.2) is 0 Å². The van der Waals surface area contributed by atoms with E-state index < -0.39 is 0 Å². The fraction of sp³-hybridized carbons (Fsp3) is 0.333. The monoisotopic (exact) mass is 279 g/mol. The number of hydrogen-bond donors (Lipinski definition) is 1. The number of hydrogen-bond acceptors (Lipinski definition) is 3. The maximum absolute atomic E-state index is 8.93. The second-order valence-corrected chi connectivity index (χ2v) is 5.33. The molecule has 2 rings (SSSR count). The van der Waals surface area contributed by atoms with Gasteiger partial charge in [0.2, 0.25) is 0 Å². The summed E-state index contributed by atoms with van der Waals surface area (Å²) in [5.41, 5.74) is 3.99. The Morgan fingerprint density at radius 1 is 1.19 bits per heavy atom. The van der Waals surface area contributed by atoms with E-state index in [9.17, 15) is 0 Å². The Morgan fingerprint density at radius 3 is 2.62 bits per heavy atom. The van der Waals surface area contributed by atoms with E-state index in [1.54, 1.807) is 12.4 Å². The van der Waals surface area contributed by atoms with Gasteiger partial charge in [0.1, 0.15) is 6.07 Å². The van der Waals surface area contributed by atoms with Gasteiger partial charge < -0.3 is 5.32 Å². The number of benzene rings is 1. The number of nitrogens with zero attached hydrogens (tertiary/aromatic N) is 2. The van der Waals surface area contributed by atoms with E-state index in [1.165, 1.54) is 5.56 Å². The molecule has 0 saturated heterocycles. The Labute approximate surface area is 126 Å². The molecule has 0 radical (unpaired) electrons. The van der Waals surface area contributed by atoms with E-state index in [4.69, 9.17) is 5.26 Å². The normalized spacial score (nSPS) is 11.9. The summed E-state index contributed by atoms with van der Waals surface area (Å²) >= 11 is 0. The van der Waals surface area contributed by atoms with E-state index in [0.29, 0.717) is 11.6 Å². The summed E-state index contributed by atoms with van der Waals surface area (Å²) in [5, 5.41) is 12.4. The van der Waals surface area contributed by atoms with E-state index in [2.05, 4.69) is 54.5 Å². The highest BCUT2D eigenvalue weighted by Gasteiger charge is 2.04. The van der Waals surface area contributed by atoms with Gasteiger partial charge in [-0.1, -0.05) is 31.2 Å². The largest absolute Gasteiger partial charge is 0.314 e. The maximum atomic E-state index is 8.93. The lowest BCUT2D eigenvalue weighted by Gasteiger charge is -2.13. The van der Waals surface area contributed by atoms with Crippen molar-refractivity contribution in [1.82, 2.24) is 10.3 Å². The molecule has 0 spiro atoms. The van der Waals surface area contributed by atoms with Gasteiger partial charge in [0.05, 0.1) is 5.56 Å². The first-order valence-electron chi connectivity index (χ1n) is 7.40. The third-order valence-electron chi connectivity index (χ3n) is 3.44. The molecule has 0 aliphatic carbocycles. The smallest absolute Gasteiger partial charge is 0.101 e. The van der Waals surface area contributed by atoms with Crippen molar-refractivity contribution in [3.8, 4) is 17.2 Å². The van der Waals surface area contributed by atoms with Crippen molar-refractivity contribution in [1.29, 1.82) is 5.26 Å². The van der Waals surface area contributed by atoms with Gasteiger partial charge in [0, 0.05) is 24.0 Å². The van der Waals surface area contributed by atoms with Crippen LogP contribution in [0.4, 0.5) is 0 Å². The molecule has 0 aliphatic rings. The molecule has 1 aromatic carbocycles. The lowest BCUT2D eigenvalue weighted by atomic mass is 10.0. The predicted molar refractivity (Wildman–Crippen MR) is 85.8 cm³/mol. The first-order valence-corrected chi connectivity index (χ1v) is 7.40. The van der Waals surface area contributed by atoms with Gasteiger partial charge in [-0.05, 0) is 43.5 Å². The molecule has 1 heterocycles. The molecule has 1 N–H and O–H groups in total. The topological polar surface area (TPSA) is 48.7 Å². The summed E-state index contributed by atoms with van der Waals surface area (Å²) in [4.78, 5) is 4.10. The number of nitriles is 1. The minimum atomic E-state index is 0.486. The van der Waals surface area contributed by atoms with Crippen molar-refractivity contribution in [2.75, 3.05) is 6.54 Å². The molecule has 3 nitrogen and oxygen atoms in total. The standard InChI is InChI=1S/C18H21N3/c1-3-8-21-14(2)9-15-4-6-17(7-5-15)18-10-16(11-19)12-20-13-18/h4-7,10,12-14,21H,3,8-9H2,1-2H3. The van der Waals surface area contributed by atoms with Crippen LogP contribution >= 0.6 is 0 Å². The van der Waals surface area contributed by atoms with Gasteiger partial charge in [-0.2, -0.15) is 5.26 Å². The second-order valence-electron chi connectivity index (χ2n) is 5.33. The Hall–Kier alpha value is -2.18. The fourth-order valence-corrected chi connectivity index (χ4v) is 2.31. The quantitative estimate of drug-likeness (QED) is 0.879. The Kier molecular flexibility index (Phi) is 5.48. The third-order valence-corrected chi connectivity index (χ3v) is 3.44.